The Kier molecular flexibility index (Phi) is 4.73. The maximum Gasteiger partial charge on any atom is 0.256 e. The molecule has 2 amide bonds. The normalized spacial score (nSPS) is 15.4. The van der Waals surface area contributed by atoms with Gasteiger partial charge in [0.15, 0.2) is 0 Å². The molecule has 1 N–H and O–H groups in total. The molecule has 6 heteroatoms. The van der Waals surface area contributed by atoms with Crippen LogP contribution in [0.2, 0.25) is 0 Å². The maximum absolute atomic E-state index is 12.8. The summed E-state index contributed by atoms with van der Waals surface area (Å²) in [6.07, 6.45) is 0. The molecule has 0 radical (unpaired) electrons. The highest BCUT2D eigenvalue weighted by molar-refractivity contribution is 7.08. The average molecular weight is 329 g/mol. The lowest BCUT2D eigenvalue weighted by Crippen LogP contribution is -2.47. The van der Waals surface area contributed by atoms with Crippen molar-refractivity contribution in [3.63, 3.8) is 0 Å². The summed E-state index contributed by atoms with van der Waals surface area (Å²) in [4.78, 5) is 29.0. The van der Waals surface area contributed by atoms with Crippen molar-refractivity contribution in [3.8, 4) is 0 Å². The molecule has 1 aromatic heterocycles. The van der Waals surface area contributed by atoms with Crippen LogP contribution in [-0.2, 0) is 0 Å². The Morgan fingerprint density at radius 1 is 1.09 bits per heavy atom. The van der Waals surface area contributed by atoms with Crippen LogP contribution in [0.25, 0.3) is 0 Å². The lowest BCUT2D eigenvalue weighted by Gasteiger charge is -2.32. The van der Waals surface area contributed by atoms with Crippen LogP contribution in [0.5, 0.6) is 0 Å². The van der Waals surface area contributed by atoms with Crippen LogP contribution in [0.1, 0.15) is 20.7 Å². The van der Waals surface area contributed by atoms with E-state index in [9.17, 15) is 9.59 Å². The predicted molar refractivity (Wildman–Crippen MR) is 92.1 cm³/mol. The van der Waals surface area contributed by atoms with Crippen molar-refractivity contribution in [3.05, 3.63) is 52.2 Å². The number of carbonyl (C=O) groups excluding carboxylic acids is 2. The first-order chi connectivity index (χ1) is 11.1. The van der Waals surface area contributed by atoms with Gasteiger partial charge in [0.1, 0.15) is 0 Å². The van der Waals surface area contributed by atoms with Gasteiger partial charge in [-0.25, -0.2) is 0 Å². The van der Waals surface area contributed by atoms with E-state index in [-0.39, 0.29) is 11.8 Å². The van der Waals surface area contributed by atoms with Gasteiger partial charge >= 0.3 is 0 Å². The number of hydrogen-bond donors (Lipinski definition) is 1. The van der Waals surface area contributed by atoms with E-state index >= 15 is 0 Å². The summed E-state index contributed by atoms with van der Waals surface area (Å²) in [7, 11) is 2.05. The zero-order valence-corrected chi connectivity index (χ0v) is 13.8. The molecule has 0 bridgehead atoms. The van der Waals surface area contributed by atoms with Crippen LogP contribution in [0.4, 0.5) is 5.69 Å². The van der Waals surface area contributed by atoms with E-state index in [1.807, 2.05) is 22.4 Å². The summed E-state index contributed by atoms with van der Waals surface area (Å²) in [6, 6.07) is 8.95. The molecule has 0 unspecified atom stereocenters. The lowest BCUT2D eigenvalue weighted by molar-refractivity contribution is 0.0665. The zero-order chi connectivity index (χ0) is 16.2. The van der Waals surface area contributed by atoms with Gasteiger partial charge < -0.3 is 15.1 Å². The maximum atomic E-state index is 12.8. The molecule has 1 aromatic carbocycles. The molecule has 0 spiro atoms. The quantitative estimate of drug-likeness (QED) is 0.941. The number of piperazine rings is 1. The Labute approximate surface area is 139 Å². The molecule has 1 saturated heterocycles. The van der Waals surface area contributed by atoms with Gasteiger partial charge in [-0.1, -0.05) is 12.1 Å². The first-order valence-corrected chi connectivity index (χ1v) is 8.50. The molecule has 120 valence electrons. The highest BCUT2D eigenvalue weighted by atomic mass is 32.1. The van der Waals surface area contributed by atoms with Crippen LogP contribution in [0.3, 0.4) is 0 Å². The van der Waals surface area contributed by atoms with E-state index in [4.69, 9.17) is 0 Å². The first kappa shape index (κ1) is 15.7. The minimum Gasteiger partial charge on any atom is -0.336 e. The molecule has 3 rings (SSSR count). The number of rotatable bonds is 3. The second-order valence-electron chi connectivity index (χ2n) is 5.61. The van der Waals surface area contributed by atoms with E-state index in [1.165, 1.54) is 11.3 Å². The molecule has 1 fully saturated rings. The number of anilines is 1. The van der Waals surface area contributed by atoms with Crippen molar-refractivity contribution in [2.24, 2.45) is 0 Å². The molecule has 0 atom stereocenters. The number of nitrogens with zero attached hydrogens (tertiary/aromatic N) is 2. The van der Waals surface area contributed by atoms with Gasteiger partial charge in [0.2, 0.25) is 0 Å². The first-order valence-electron chi connectivity index (χ1n) is 7.55. The fourth-order valence-corrected chi connectivity index (χ4v) is 3.18. The van der Waals surface area contributed by atoms with Gasteiger partial charge in [-0.15, -0.1) is 0 Å². The van der Waals surface area contributed by atoms with E-state index < -0.39 is 0 Å². The molecule has 2 aromatic rings. The summed E-state index contributed by atoms with van der Waals surface area (Å²) in [5.74, 6) is -0.218. The number of nitrogens with one attached hydrogen (secondary N) is 1. The Hall–Kier alpha value is -2.18. The highest BCUT2D eigenvalue weighted by Crippen LogP contribution is 2.19. The number of carbonyl (C=O) groups is 2. The molecule has 0 saturated carbocycles. The Bertz CT molecular complexity index is 692. The third-order valence-electron chi connectivity index (χ3n) is 3.98. The number of benzene rings is 1. The topological polar surface area (TPSA) is 52.6 Å². The van der Waals surface area contributed by atoms with E-state index in [1.54, 1.807) is 23.6 Å². The molecular formula is C17H19N3O2S. The van der Waals surface area contributed by atoms with Gasteiger partial charge in [-0.3, -0.25) is 9.59 Å². The highest BCUT2D eigenvalue weighted by Gasteiger charge is 2.22. The van der Waals surface area contributed by atoms with Gasteiger partial charge in [-0.05, 0) is 30.6 Å². The van der Waals surface area contributed by atoms with Crippen LogP contribution >= 0.6 is 11.3 Å². The Morgan fingerprint density at radius 3 is 2.52 bits per heavy atom. The van der Waals surface area contributed by atoms with Crippen LogP contribution in [0.15, 0.2) is 41.1 Å². The fourth-order valence-electron chi connectivity index (χ4n) is 2.55. The van der Waals surface area contributed by atoms with E-state index in [2.05, 4.69) is 17.3 Å². The van der Waals surface area contributed by atoms with Crippen molar-refractivity contribution in [1.82, 2.24) is 9.80 Å². The summed E-state index contributed by atoms with van der Waals surface area (Å²) in [6.45, 7) is 3.16. The van der Waals surface area contributed by atoms with E-state index in [0.717, 1.165) is 13.1 Å². The minimum absolute atomic E-state index is 0.0284. The van der Waals surface area contributed by atoms with Gasteiger partial charge in [0, 0.05) is 31.6 Å². The lowest BCUT2D eigenvalue weighted by atomic mass is 10.1. The number of hydrogen-bond acceptors (Lipinski definition) is 4. The van der Waals surface area contributed by atoms with Crippen molar-refractivity contribution in [2.75, 3.05) is 38.5 Å². The summed E-state index contributed by atoms with van der Waals surface area (Å²) in [5, 5.41) is 6.50. The largest absolute Gasteiger partial charge is 0.336 e. The van der Waals surface area contributed by atoms with Crippen LogP contribution in [0, 0.1) is 0 Å². The number of thiophene rings is 1. The Morgan fingerprint density at radius 2 is 1.83 bits per heavy atom. The summed E-state index contributed by atoms with van der Waals surface area (Å²) >= 11 is 1.47. The third kappa shape index (κ3) is 3.60. The predicted octanol–water partition coefficient (Wildman–Crippen LogP) is 2.39. The van der Waals surface area contributed by atoms with Crippen molar-refractivity contribution in [2.45, 2.75) is 0 Å². The standard InChI is InChI=1S/C17H19N3O2S/c1-19-7-9-20(10-8-19)17(22)14-4-2-3-5-15(14)18-16(21)13-6-11-23-12-13/h2-6,11-12H,7-10H2,1H3,(H,18,21). The molecule has 5 nitrogen and oxygen atoms in total. The summed E-state index contributed by atoms with van der Waals surface area (Å²) < 4.78 is 0. The second kappa shape index (κ2) is 6.93. The smallest absolute Gasteiger partial charge is 0.256 e. The van der Waals surface area contributed by atoms with Crippen molar-refractivity contribution < 1.29 is 9.59 Å². The SMILES string of the molecule is CN1CCN(C(=O)c2ccccc2NC(=O)c2ccsc2)CC1. The van der Waals surface area contributed by atoms with Gasteiger partial charge in [-0.2, -0.15) is 11.3 Å². The zero-order valence-electron chi connectivity index (χ0n) is 13.0. The monoisotopic (exact) mass is 329 g/mol. The molecule has 23 heavy (non-hydrogen) atoms. The van der Waals surface area contributed by atoms with Crippen molar-refractivity contribution in [1.29, 1.82) is 0 Å². The molecular weight excluding hydrogens is 310 g/mol. The summed E-state index contributed by atoms with van der Waals surface area (Å²) in [5.41, 5.74) is 1.71. The van der Waals surface area contributed by atoms with Gasteiger partial charge in [0.05, 0.1) is 16.8 Å². The molecule has 0 aliphatic carbocycles. The van der Waals surface area contributed by atoms with Crippen LogP contribution in [-0.4, -0.2) is 54.8 Å². The van der Waals surface area contributed by atoms with Crippen LogP contribution < -0.4 is 5.32 Å². The number of likely N-dealkylation sites (N-methyl/N-ethyl adjacent to an activating group) is 1. The van der Waals surface area contributed by atoms with Crippen molar-refractivity contribution >= 4 is 28.8 Å². The third-order valence-corrected chi connectivity index (χ3v) is 4.66. The van der Waals surface area contributed by atoms with Gasteiger partial charge in [0.25, 0.3) is 11.8 Å². The van der Waals surface area contributed by atoms with E-state index in [0.29, 0.717) is 29.9 Å². The Balaban J connectivity index is 1.77. The fraction of sp³-hybridized carbons (Fsp3) is 0.294. The minimum atomic E-state index is -0.190. The number of amides is 2. The number of para-hydroxylation sites is 1. The average Bonchev–Trinajstić information content (AvgIpc) is 3.10. The second-order valence-corrected chi connectivity index (χ2v) is 6.39. The molecule has 1 aliphatic heterocycles. The molecule has 1 aliphatic rings. The molecule has 2 heterocycles.